The molecule has 5 heteroatoms. The zero-order valence-electron chi connectivity index (χ0n) is 11.5. The molecule has 2 saturated heterocycles. The van der Waals surface area contributed by atoms with Gasteiger partial charge in [-0.2, -0.15) is 5.10 Å². The van der Waals surface area contributed by atoms with Crippen LogP contribution in [0.2, 0.25) is 0 Å². The summed E-state index contributed by atoms with van der Waals surface area (Å²) in [6.07, 6.45) is 9.30. The summed E-state index contributed by atoms with van der Waals surface area (Å²) in [5.41, 5.74) is 1.21. The first-order valence-corrected chi connectivity index (χ1v) is 7.46. The molecule has 2 atom stereocenters. The summed E-state index contributed by atoms with van der Waals surface area (Å²) in [5.74, 6) is 0. The van der Waals surface area contributed by atoms with Gasteiger partial charge in [0, 0.05) is 36.9 Å². The van der Waals surface area contributed by atoms with Crippen molar-refractivity contribution >= 4 is 0 Å². The van der Waals surface area contributed by atoms with Crippen LogP contribution in [0, 0.1) is 0 Å². The number of hydrogen-bond acceptors (Lipinski definition) is 4. The van der Waals surface area contributed by atoms with Crippen LogP contribution >= 0.6 is 0 Å². The van der Waals surface area contributed by atoms with Crippen LogP contribution in [0.4, 0.5) is 0 Å². The quantitative estimate of drug-likeness (QED) is 0.817. The molecule has 5 nitrogen and oxygen atoms in total. The smallest absolute Gasteiger partial charge is 0.0640 e. The molecule has 1 aromatic heterocycles. The second-order valence-electron chi connectivity index (χ2n) is 5.71. The van der Waals surface area contributed by atoms with Gasteiger partial charge >= 0.3 is 0 Å². The van der Waals surface area contributed by atoms with E-state index >= 15 is 0 Å². The third-order valence-corrected chi connectivity index (χ3v) is 4.44. The molecule has 2 aliphatic rings. The maximum absolute atomic E-state index is 8.88. The summed E-state index contributed by atoms with van der Waals surface area (Å²) in [6.45, 7) is 4.16. The van der Waals surface area contributed by atoms with Gasteiger partial charge in [0.25, 0.3) is 0 Å². The Morgan fingerprint density at radius 1 is 1.32 bits per heavy atom. The molecule has 0 aromatic carbocycles. The molecule has 0 spiro atoms. The maximum Gasteiger partial charge on any atom is 0.0640 e. The molecule has 2 aliphatic heterocycles. The summed E-state index contributed by atoms with van der Waals surface area (Å²) < 4.78 is 1.80. The first kappa shape index (κ1) is 13.1. The molecule has 19 heavy (non-hydrogen) atoms. The van der Waals surface area contributed by atoms with E-state index < -0.39 is 0 Å². The zero-order chi connectivity index (χ0) is 13.1. The fraction of sp³-hybridized carbons (Fsp3) is 0.786. The summed E-state index contributed by atoms with van der Waals surface area (Å²) in [5, 5.41) is 16.8. The van der Waals surface area contributed by atoms with Crippen molar-refractivity contribution in [2.75, 3.05) is 19.7 Å². The molecule has 1 aromatic rings. The van der Waals surface area contributed by atoms with Gasteiger partial charge in [-0.15, -0.1) is 0 Å². The monoisotopic (exact) mass is 264 g/mol. The van der Waals surface area contributed by atoms with Gasteiger partial charge in [0.1, 0.15) is 0 Å². The van der Waals surface area contributed by atoms with E-state index in [4.69, 9.17) is 5.11 Å². The van der Waals surface area contributed by atoms with E-state index in [2.05, 4.69) is 15.3 Å². The molecule has 2 fully saturated rings. The summed E-state index contributed by atoms with van der Waals surface area (Å²) >= 11 is 0. The molecule has 0 bridgehead atoms. The predicted octanol–water partition coefficient (Wildman–Crippen LogP) is 0.592. The van der Waals surface area contributed by atoms with Crippen LogP contribution in [-0.4, -0.2) is 51.6 Å². The van der Waals surface area contributed by atoms with E-state index in [-0.39, 0.29) is 6.61 Å². The number of aromatic nitrogens is 2. The number of aliphatic hydroxyl groups is 1. The molecule has 0 aliphatic carbocycles. The number of hydrogen-bond donors (Lipinski definition) is 2. The molecular weight excluding hydrogens is 240 g/mol. The van der Waals surface area contributed by atoms with E-state index in [0.717, 1.165) is 12.6 Å². The Bertz CT molecular complexity index is 406. The lowest BCUT2D eigenvalue weighted by molar-refractivity contribution is 0.180. The van der Waals surface area contributed by atoms with Crippen molar-refractivity contribution in [2.24, 2.45) is 0 Å². The third-order valence-electron chi connectivity index (χ3n) is 4.44. The summed E-state index contributed by atoms with van der Waals surface area (Å²) in [6, 6.07) is 1.39. The van der Waals surface area contributed by atoms with E-state index in [1.54, 1.807) is 4.68 Å². The van der Waals surface area contributed by atoms with Crippen molar-refractivity contribution in [2.45, 2.75) is 50.9 Å². The standard InChI is InChI=1S/C14H24N4O/c19-8-7-18-11-12(10-16-18)9-15-13-4-6-17-5-2-1-3-14(13)17/h10-11,13-15,19H,1-9H2. The lowest BCUT2D eigenvalue weighted by Gasteiger charge is -2.32. The maximum atomic E-state index is 8.88. The van der Waals surface area contributed by atoms with Crippen LogP contribution in [0.1, 0.15) is 31.2 Å². The SMILES string of the molecule is OCCn1cc(CNC2CCN3CCCCC23)cn1. The van der Waals surface area contributed by atoms with Crippen LogP contribution < -0.4 is 5.32 Å². The largest absolute Gasteiger partial charge is 0.394 e. The van der Waals surface area contributed by atoms with Crippen LogP contribution in [-0.2, 0) is 13.1 Å². The van der Waals surface area contributed by atoms with Gasteiger partial charge < -0.3 is 10.4 Å². The normalized spacial score (nSPS) is 27.6. The van der Waals surface area contributed by atoms with Crippen molar-refractivity contribution in [1.82, 2.24) is 20.0 Å². The highest BCUT2D eigenvalue weighted by Crippen LogP contribution is 2.27. The Hall–Kier alpha value is -0.910. The predicted molar refractivity (Wildman–Crippen MR) is 73.8 cm³/mol. The van der Waals surface area contributed by atoms with Crippen LogP contribution in [0.3, 0.4) is 0 Å². The highest BCUT2D eigenvalue weighted by Gasteiger charge is 2.34. The number of nitrogens with zero attached hydrogens (tertiary/aromatic N) is 3. The van der Waals surface area contributed by atoms with Crippen LogP contribution in [0.15, 0.2) is 12.4 Å². The molecule has 3 rings (SSSR count). The van der Waals surface area contributed by atoms with E-state index in [1.165, 1.54) is 44.3 Å². The number of fused-ring (bicyclic) bond motifs is 1. The first-order chi connectivity index (χ1) is 9.36. The van der Waals surface area contributed by atoms with Crippen molar-refractivity contribution in [1.29, 1.82) is 0 Å². The van der Waals surface area contributed by atoms with Gasteiger partial charge in [-0.3, -0.25) is 9.58 Å². The molecule has 106 valence electrons. The number of piperidine rings is 1. The van der Waals surface area contributed by atoms with Crippen molar-refractivity contribution < 1.29 is 5.11 Å². The highest BCUT2D eigenvalue weighted by atomic mass is 16.3. The molecule has 3 heterocycles. The minimum absolute atomic E-state index is 0.147. The second kappa shape index (κ2) is 6.03. The van der Waals surface area contributed by atoms with E-state index in [1.807, 2.05) is 12.4 Å². The molecule has 0 radical (unpaired) electrons. The van der Waals surface area contributed by atoms with Crippen molar-refractivity contribution in [3.05, 3.63) is 18.0 Å². The lowest BCUT2D eigenvalue weighted by Crippen LogP contribution is -2.44. The Balaban J connectivity index is 1.51. The van der Waals surface area contributed by atoms with Crippen molar-refractivity contribution in [3.8, 4) is 0 Å². The van der Waals surface area contributed by atoms with Crippen LogP contribution in [0.25, 0.3) is 0 Å². The summed E-state index contributed by atoms with van der Waals surface area (Å²) in [4.78, 5) is 2.65. The Morgan fingerprint density at radius 3 is 3.16 bits per heavy atom. The average molecular weight is 264 g/mol. The average Bonchev–Trinajstić information content (AvgIpc) is 3.04. The fourth-order valence-corrected chi connectivity index (χ4v) is 3.46. The van der Waals surface area contributed by atoms with Gasteiger partial charge in [0.2, 0.25) is 0 Å². The molecular formula is C14H24N4O. The minimum atomic E-state index is 0.147. The Kier molecular flexibility index (Phi) is 4.15. The highest BCUT2D eigenvalue weighted by molar-refractivity contribution is 5.05. The molecule has 2 unspecified atom stereocenters. The first-order valence-electron chi connectivity index (χ1n) is 7.46. The number of rotatable bonds is 5. The Morgan fingerprint density at radius 2 is 2.26 bits per heavy atom. The number of aliphatic hydroxyl groups excluding tert-OH is 1. The second-order valence-corrected chi connectivity index (χ2v) is 5.71. The topological polar surface area (TPSA) is 53.3 Å². The molecule has 0 saturated carbocycles. The minimum Gasteiger partial charge on any atom is -0.394 e. The van der Waals surface area contributed by atoms with E-state index in [9.17, 15) is 0 Å². The molecule has 2 N–H and O–H groups in total. The van der Waals surface area contributed by atoms with Crippen LogP contribution in [0.5, 0.6) is 0 Å². The third kappa shape index (κ3) is 2.99. The van der Waals surface area contributed by atoms with Gasteiger partial charge in [0.05, 0.1) is 19.3 Å². The lowest BCUT2D eigenvalue weighted by atomic mass is 9.99. The van der Waals surface area contributed by atoms with E-state index in [0.29, 0.717) is 12.6 Å². The Labute approximate surface area is 114 Å². The summed E-state index contributed by atoms with van der Waals surface area (Å²) in [7, 11) is 0. The molecule has 0 amide bonds. The van der Waals surface area contributed by atoms with Gasteiger partial charge in [-0.25, -0.2) is 0 Å². The fourth-order valence-electron chi connectivity index (χ4n) is 3.46. The van der Waals surface area contributed by atoms with Gasteiger partial charge in [0.15, 0.2) is 0 Å². The van der Waals surface area contributed by atoms with Gasteiger partial charge in [-0.05, 0) is 25.8 Å². The van der Waals surface area contributed by atoms with Gasteiger partial charge in [-0.1, -0.05) is 6.42 Å². The van der Waals surface area contributed by atoms with Crippen molar-refractivity contribution in [3.63, 3.8) is 0 Å². The number of nitrogens with one attached hydrogen (secondary N) is 1. The zero-order valence-corrected chi connectivity index (χ0v) is 11.5.